The third-order valence-corrected chi connectivity index (χ3v) is 3.18. The van der Waals surface area contributed by atoms with Crippen molar-refractivity contribution in [2.75, 3.05) is 13.2 Å². The minimum absolute atomic E-state index is 0.00225. The molecule has 1 N–H and O–H groups in total. The van der Waals surface area contributed by atoms with Crippen molar-refractivity contribution < 1.29 is 4.74 Å². The highest BCUT2D eigenvalue weighted by Crippen LogP contribution is 2.13. The molecule has 0 bridgehead atoms. The number of rotatable bonds is 4. The largest absolute Gasteiger partial charge is 0.377 e. The van der Waals surface area contributed by atoms with Crippen molar-refractivity contribution in [3.05, 3.63) is 11.9 Å². The Kier molecular flexibility index (Phi) is 4.35. The summed E-state index contributed by atoms with van der Waals surface area (Å²) in [5.41, 5.74) is 0.985. The molecule has 1 aromatic heterocycles. The third kappa shape index (κ3) is 3.78. The fourth-order valence-corrected chi connectivity index (χ4v) is 2.04. The zero-order valence-corrected chi connectivity index (χ0v) is 11.6. The number of hydrogen-bond acceptors (Lipinski definition) is 4. The van der Waals surface area contributed by atoms with Gasteiger partial charge in [0.2, 0.25) is 0 Å². The maximum atomic E-state index is 5.67. The minimum atomic E-state index is -0.00225. The molecule has 5 nitrogen and oxygen atoms in total. The molecule has 0 saturated carbocycles. The van der Waals surface area contributed by atoms with E-state index in [1.54, 1.807) is 0 Å². The van der Waals surface area contributed by atoms with Crippen molar-refractivity contribution >= 4 is 0 Å². The first-order chi connectivity index (χ1) is 8.55. The van der Waals surface area contributed by atoms with Crippen LogP contribution in [0.25, 0.3) is 0 Å². The minimum Gasteiger partial charge on any atom is -0.377 e. The molecule has 2 rings (SSSR count). The van der Waals surface area contributed by atoms with Gasteiger partial charge < -0.3 is 10.1 Å². The predicted octanol–water partition coefficient (Wildman–Crippen LogP) is 1.69. The summed E-state index contributed by atoms with van der Waals surface area (Å²) in [5.74, 6) is 0. The van der Waals surface area contributed by atoms with Gasteiger partial charge in [0.05, 0.1) is 23.5 Å². The topological polar surface area (TPSA) is 52.0 Å². The van der Waals surface area contributed by atoms with Crippen LogP contribution in [0.4, 0.5) is 0 Å². The molecule has 2 heterocycles. The third-order valence-electron chi connectivity index (χ3n) is 3.18. The predicted molar refractivity (Wildman–Crippen MR) is 70.3 cm³/mol. The Bertz CT molecular complexity index is 363. The van der Waals surface area contributed by atoms with Crippen molar-refractivity contribution in [1.29, 1.82) is 0 Å². The van der Waals surface area contributed by atoms with Crippen LogP contribution in [0.3, 0.4) is 0 Å². The molecule has 0 aliphatic carbocycles. The molecule has 1 fully saturated rings. The normalized spacial score (nSPS) is 21.2. The Labute approximate surface area is 109 Å². The second-order valence-electron chi connectivity index (χ2n) is 5.94. The fourth-order valence-electron chi connectivity index (χ4n) is 2.04. The van der Waals surface area contributed by atoms with Crippen LogP contribution in [0.1, 0.15) is 45.7 Å². The zero-order chi connectivity index (χ0) is 13.0. The summed E-state index contributed by atoms with van der Waals surface area (Å²) in [6.07, 6.45) is 6.04. The lowest BCUT2D eigenvalue weighted by Crippen LogP contribution is -2.31. The molecule has 1 aliphatic rings. The lowest BCUT2D eigenvalue weighted by atomic mass is 10.1. The molecule has 1 atom stereocenters. The molecule has 0 aromatic carbocycles. The summed E-state index contributed by atoms with van der Waals surface area (Å²) >= 11 is 0. The molecule has 1 aromatic rings. The molecular formula is C13H24N4O. The Hall–Kier alpha value is -0.940. The molecule has 0 radical (unpaired) electrons. The van der Waals surface area contributed by atoms with Crippen molar-refractivity contribution in [3.63, 3.8) is 0 Å². The van der Waals surface area contributed by atoms with Gasteiger partial charge in [-0.15, -0.1) is 5.10 Å². The Morgan fingerprint density at radius 2 is 2.28 bits per heavy atom. The molecule has 5 heteroatoms. The van der Waals surface area contributed by atoms with Crippen LogP contribution >= 0.6 is 0 Å². The SMILES string of the molecule is CC(C)(C)n1cc(CNCC2CCCCO2)nn1. The second kappa shape index (κ2) is 5.80. The number of nitrogens with one attached hydrogen (secondary N) is 1. The van der Waals surface area contributed by atoms with E-state index in [0.717, 1.165) is 25.4 Å². The first kappa shape index (κ1) is 13.5. The second-order valence-corrected chi connectivity index (χ2v) is 5.94. The van der Waals surface area contributed by atoms with Gasteiger partial charge in [-0.25, -0.2) is 4.68 Å². The van der Waals surface area contributed by atoms with Crippen molar-refractivity contribution in [3.8, 4) is 0 Å². The van der Waals surface area contributed by atoms with E-state index in [0.29, 0.717) is 6.10 Å². The van der Waals surface area contributed by atoms with Gasteiger partial charge in [-0.3, -0.25) is 0 Å². The first-order valence-corrected chi connectivity index (χ1v) is 6.80. The van der Waals surface area contributed by atoms with Crippen LogP contribution in [0.15, 0.2) is 6.20 Å². The van der Waals surface area contributed by atoms with Crippen LogP contribution < -0.4 is 5.32 Å². The maximum absolute atomic E-state index is 5.67. The van der Waals surface area contributed by atoms with Gasteiger partial charge in [0.1, 0.15) is 0 Å². The first-order valence-electron chi connectivity index (χ1n) is 6.80. The average Bonchev–Trinajstić information content (AvgIpc) is 2.79. The van der Waals surface area contributed by atoms with E-state index in [-0.39, 0.29) is 5.54 Å². The summed E-state index contributed by atoms with van der Waals surface area (Å²) < 4.78 is 7.58. The molecule has 18 heavy (non-hydrogen) atoms. The van der Waals surface area contributed by atoms with Gasteiger partial charge in [0.15, 0.2) is 0 Å². The number of hydrogen-bond donors (Lipinski definition) is 1. The zero-order valence-electron chi connectivity index (χ0n) is 11.6. The molecule has 0 spiro atoms. The van der Waals surface area contributed by atoms with E-state index in [2.05, 4.69) is 36.4 Å². The highest BCUT2D eigenvalue weighted by Gasteiger charge is 2.16. The van der Waals surface area contributed by atoms with Crippen LogP contribution in [0.5, 0.6) is 0 Å². The van der Waals surface area contributed by atoms with E-state index in [1.165, 1.54) is 19.3 Å². The average molecular weight is 252 g/mol. The quantitative estimate of drug-likeness (QED) is 0.886. The summed E-state index contributed by atoms with van der Waals surface area (Å²) in [5, 5.41) is 11.7. The monoisotopic (exact) mass is 252 g/mol. The molecule has 1 saturated heterocycles. The van der Waals surface area contributed by atoms with Crippen molar-refractivity contribution in [2.24, 2.45) is 0 Å². The molecule has 0 amide bonds. The Balaban J connectivity index is 1.74. The van der Waals surface area contributed by atoms with Crippen LogP contribution in [-0.4, -0.2) is 34.2 Å². The molecule has 1 unspecified atom stereocenters. The Morgan fingerprint density at radius 3 is 2.89 bits per heavy atom. The van der Waals surface area contributed by atoms with E-state index in [4.69, 9.17) is 4.74 Å². The highest BCUT2D eigenvalue weighted by atomic mass is 16.5. The van der Waals surface area contributed by atoms with Gasteiger partial charge >= 0.3 is 0 Å². The fraction of sp³-hybridized carbons (Fsp3) is 0.846. The molecule has 1 aliphatic heterocycles. The van der Waals surface area contributed by atoms with Crippen molar-refractivity contribution in [2.45, 2.75) is 58.2 Å². The van der Waals surface area contributed by atoms with Crippen molar-refractivity contribution in [1.82, 2.24) is 20.3 Å². The lowest BCUT2D eigenvalue weighted by molar-refractivity contribution is 0.0167. The summed E-state index contributed by atoms with van der Waals surface area (Å²) in [6, 6.07) is 0. The van der Waals surface area contributed by atoms with E-state index < -0.39 is 0 Å². The van der Waals surface area contributed by atoms with E-state index >= 15 is 0 Å². The summed E-state index contributed by atoms with van der Waals surface area (Å²) in [6.45, 7) is 8.93. The van der Waals surface area contributed by atoms with Gasteiger partial charge in [-0.2, -0.15) is 0 Å². The van der Waals surface area contributed by atoms with Gasteiger partial charge in [-0.05, 0) is 40.0 Å². The standard InChI is InChI=1S/C13H24N4O/c1-13(2,3)17-10-11(15-16-17)8-14-9-12-6-4-5-7-18-12/h10,12,14H,4-9H2,1-3H3. The summed E-state index contributed by atoms with van der Waals surface area (Å²) in [4.78, 5) is 0. The van der Waals surface area contributed by atoms with Gasteiger partial charge in [0.25, 0.3) is 0 Å². The van der Waals surface area contributed by atoms with Crippen LogP contribution in [0.2, 0.25) is 0 Å². The number of aromatic nitrogens is 3. The van der Waals surface area contributed by atoms with Crippen LogP contribution in [0, 0.1) is 0 Å². The van der Waals surface area contributed by atoms with Crippen LogP contribution in [-0.2, 0) is 16.8 Å². The van der Waals surface area contributed by atoms with E-state index in [1.807, 2.05) is 10.9 Å². The Morgan fingerprint density at radius 1 is 1.44 bits per heavy atom. The summed E-state index contributed by atoms with van der Waals surface area (Å²) in [7, 11) is 0. The lowest BCUT2D eigenvalue weighted by Gasteiger charge is -2.22. The smallest absolute Gasteiger partial charge is 0.0965 e. The number of ether oxygens (including phenoxy) is 1. The van der Waals surface area contributed by atoms with Gasteiger partial charge in [-0.1, -0.05) is 5.21 Å². The molecule has 102 valence electrons. The van der Waals surface area contributed by atoms with E-state index in [9.17, 15) is 0 Å². The van der Waals surface area contributed by atoms with Gasteiger partial charge in [0, 0.05) is 19.7 Å². The molecular weight excluding hydrogens is 228 g/mol. The number of nitrogens with zero attached hydrogens (tertiary/aromatic N) is 3. The highest BCUT2D eigenvalue weighted by molar-refractivity contribution is 4.94. The maximum Gasteiger partial charge on any atom is 0.0965 e.